The Bertz CT molecular complexity index is 388. The Hall–Kier alpha value is -0.810. The molecule has 0 saturated carbocycles. The number of hydrogen-bond acceptors (Lipinski definition) is 8. The van der Waals surface area contributed by atoms with Crippen LogP contribution in [0.4, 0.5) is 0 Å². The fourth-order valence-corrected chi connectivity index (χ4v) is 3.18. The van der Waals surface area contributed by atoms with Gasteiger partial charge in [-0.05, 0) is 13.0 Å². The molecule has 0 aromatic rings. The number of carboxylic acid groups (broad SMARTS) is 1. The van der Waals surface area contributed by atoms with Gasteiger partial charge >= 0.3 is 5.97 Å². The number of aliphatic hydroxyl groups excluding tert-OH is 5. The second-order valence-electron chi connectivity index (χ2n) is 7.61. The number of hydrogen-bond donors (Lipinski definition) is 7. The van der Waals surface area contributed by atoms with Crippen molar-refractivity contribution in [3.05, 3.63) is 0 Å². The average Bonchev–Trinajstić information content (AvgIpc) is 2.66. The number of nitrogens with zero attached hydrogens (tertiary/aromatic N) is 1. The highest BCUT2D eigenvalue weighted by Crippen LogP contribution is 2.12. The summed E-state index contributed by atoms with van der Waals surface area (Å²) < 4.78 is 0. The van der Waals surface area contributed by atoms with E-state index in [1.807, 2.05) is 0 Å². The quantitative estimate of drug-likeness (QED) is 0.148. The number of rotatable bonds is 19. The molecular weight excluding hydrogens is 380 g/mol. The Balaban J connectivity index is 0. The first-order chi connectivity index (χ1) is 13.3. The molecule has 0 fully saturated rings. The summed E-state index contributed by atoms with van der Waals surface area (Å²) in [6.07, 6.45) is 5.25. The largest absolute Gasteiger partial charge is 0.480 e. The maximum absolute atomic E-state index is 11.0. The summed E-state index contributed by atoms with van der Waals surface area (Å²) >= 11 is 0. The van der Waals surface area contributed by atoms with Crippen LogP contribution in [0.2, 0.25) is 0 Å². The Morgan fingerprint density at radius 3 is 1.69 bits per heavy atom. The molecule has 0 aliphatic heterocycles. The SMILES string of the molecule is CCCCCCCCCCCCN(CC(=O)O)C[C@H](O)[C@@H](O)[C@H](O)[C@H](O)CO.N. The normalized spacial score (nSPS) is 15.6. The lowest BCUT2D eigenvalue weighted by Crippen LogP contribution is -2.50. The van der Waals surface area contributed by atoms with Crippen LogP contribution in [0.5, 0.6) is 0 Å². The van der Waals surface area contributed by atoms with E-state index in [1.54, 1.807) is 0 Å². The zero-order valence-corrected chi connectivity index (χ0v) is 18.0. The van der Waals surface area contributed by atoms with Crippen molar-refractivity contribution in [3.63, 3.8) is 0 Å². The average molecular weight is 425 g/mol. The lowest BCUT2D eigenvalue weighted by molar-refractivity contribution is -0.140. The smallest absolute Gasteiger partial charge is 0.317 e. The van der Waals surface area contributed by atoms with Crippen molar-refractivity contribution in [2.45, 2.75) is 95.5 Å². The zero-order valence-electron chi connectivity index (χ0n) is 18.0. The van der Waals surface area contributed by atoms with Crippen LogP contribution in [0, 0.1) is 0 Å². The predicted molar refractivity (Wildman–Crippen MR) is 112 cm³/mol. The van der Waals surface area contributed by atoms with Crippen molar-refractivity contribution in [2.24, 2.45) is 0 Å². The van der Waals surface area contributed by atoms with Gasteiger partial charge in [0.2, 0.25) is 0 Å². The number of aliphatic hydroxyl groups is 5. The van der Waals surface area contributed by atoms with Gasteiger partial charge in [0.1, 0.15) is 18.3 Å². The van der Waals surface area contributed by atoms with Crippen LogP contribution in [-0.4, -0.2) is 92.2 Å². The van der Waals surface area contributed by atoms with Gasteiger partial charge in [-0.1, -0.05) is 64.7 Å². The van der Waals surface area contributed by atoms with Crippen molar-refractivity contribution >= 4 is 5.97 Å². The van der Waals surface area contributed by atoms with Crippen LogP contribution < -0.4 is 6.15 Å². The highest BCUT2D eigenvalue weighted by atomic mass is 16.4. The van der Waals surface area contributed by atoms with Crippen molar-refractivity contribution in [2.75, 3.05) is 26.2 Å². The van der Waals surface area contributed by atoms with E-state index < -0.39 is 37.0 Å². The third-order valence-electron chi connectivity index (χ3n) is 4.96. The Morgan fingerprint density at radius 2 is 1.24 bits per heavy atom. The Kier molecular flexibility index (Phi) is 20.1. The standard InChI is InChI=1S/C20H41NO7.H3N/c1-2-3-4-5-6-7-8-9-10-11-12-21(14-18(25)26)13-16(23)19(27)20(28)17(24)15-22;/h16-17,19-20,22-24,27-28H,2-15H2,1H3,(H,25,26);1H3/t16-,17+,19+,20+;/m0./s1. The van der Waals surface area contributed by atoms with Crippen LogP contribution in [0.1, 0.15) is 71.1 Å². The van der Waals surface area contributed by atoms with Gasteiger partial charge in [-0.2, -0.15) is 0 Å². The number of carboxylic acids is 1. The van der Waals surface area contributed by atoms with Crippen molar-refractivity contribution in [1.29, 1.82) is 0 Å². The summed E-state index contributed by atoms with van der Waals surface area (Å²) in [5.74, 6) is -1.04. The van der Waals surface area contributed by atoms with Gasteiger partial charge in [-0.3, -0.25) is 9.69 Å². The molecule has 0 radical (unpaired) electrons. The van der Waals surface area contributed by atoms with Crippen LogP contribution >= 0.6 is 0 Å². The first-order valence-electron chi connectivity index (χ1n) is 10.6. The molecule has 0 rings (SSSR count). The lowest BCUT2D eigenvalue weighted by atomic mass is 10.0. The molecule has 0 aromatic heterocycles. The van der Waals surface area contributed by atoms with Gasteiger partial charge in [-0.25, -0.2) is 0 Å². The minimum Gasteiger partial charge on any atom is -0.480 e. The van der Waals surface area contributed by atoms with Crippen LogP contribution in [0.25, 0.3) is 0 Å². The van der Waals surface area contributed by atoms with Gasteiger partial charge < -0.3 is 36.8 Å². The van der Waals surface area contributed by atoms with Gasteiger partial charge in [0.05, 0.1) is 19.3 Å². The second-order valence-corrected chi connectivity index (χ2v) is 7.61. The summed E-state index contributed by atoms with van der Waals surface area (Å²) in [5.41, 5.74) is 0. The molecule has 9 N–H and O–H groups in total. The first-order valence-corrected chi connectivity index (χ1v) is 10.6. The van der Waals surface area contributed by atoms with E-state index in [4.69, 9.17) is 10.2 Å². The van der Waals surface area contributed by atoms with E-state index in [9.17, 15) is 25.2 Å². The summed E-state index contributed by atoms with van der Waals surface area (Å²) in [6.45, 7) is 1.50. The van der Waals surface area contributed by atoms with E-state index >= 15 is 0 Å². The predicted octanol–water partition coefficient (Wildman–Crippen LogP) is 0.892. The van der Waals surface area contributed by atoms with Crippen LogP contribution in [-0.2, 0) is 4.79 Å². The zero-order chi connectivity index (χ0) is 21.4. The number of carbonyl (C=O) groups is 1. The molecule has 0 unspecified atom stereocenters. The molecule has 0 saturated heterocycles. The Labute approximate surface area is 174 Å². The number of aliphatic carboxylic acids is 1. The molecule has 0 amide bonds. The van der Waals surface area contributed by atoms with E-state index in [1.165, 1.54) is 43.4 Å². The van der Waals surface area contributed by atoms with Gasteiger partial charge in [0.15, 0.2) is 0 Å². The molecule has 0 aliphatic rings. The minimum absolute atomic E-state index is 0. The molecule has 4 atom stereocenters. The van der Waals surface area contributed by atoms with Crippen molar-refractivity contribution < 1.29 is 35.4 Å². The van der Waals surface area contributed by atoms with Gasteiger partial charge in [0, 0.05) is 6.54 Å². The van der Waals surface area contributed by atoms with E-state index in [0.717, 1.165) is 25.7 Å². The highest BCUT2D eigenvalue weighted by molar-refractivity contribution is 5.69. The Morgan fingerprint density at radius 1 is 0.793 bits per heavy atom. The highest BCUT2D eigenvalue weighted by Gasteiger charge is 2.31. The minimum atomic E-state index is -1.70. The van der Waals surface area contributed by atoms with E-state index in [0.29, 0.717) is 6.54 Å². The summed E-state index contributed by atoms with van der Waals surface area (Å²) in [6, 6.07) is 0. The van der Waals surface area contributed by atoms with E-state index in [2.05, 4.69) is 6.92 Å². The molecule has 29 heavy (non-hydrogen) atoms. The molecule has 0 heterocycles. The molecule has 176 valence electrons. The van der Waals surface area contributed by atoms with Gasteiger partial charge in [-0.15, -0.1) is 0 Å². The molecule has 0 spiro atoms. The van der Waals surface area contributed by atoms with Crippen LogP contribution in [0.15, 0.2) is 0 Å². The van der Waals surface area contributed by atoms with Crippen LogP contribution in [0.3, 0.4) is 0 Å². The first kappa shape index (κ1) is 30.4. The molecule has 0 bridgehead atoms. The molecule has 0 aliphatic carbocycles. The molecule has 9 nitrogen and oxygen atoms in total. The molecule has 0 aromatic carbocycles. The number of unbranched alkanes of at least 4 members (excludes halogenated alkanes) is 9. The molecular formula is C20H44N2O7. The van der Waals surface area contributed by atoms with Crippen molar-refractivity contribution in [1.82, 2.24) is 11.1 Å². The van der Waals surface area contributed by atoms with Gasteiger partial charge in [0.25, 0.3) is 0 Å². The maximum Gasteiger partial charge on any atom is 0.317 e. The summed E-state index contributed by atoms with van der Waals surface area (Å²) in [5, 5.41) is 56.8. The van der Waals surface area contributed by atoms with Crippen molar-refractivity contribution in [3.8, 4) is 0 Å². The third-order valence-corrected chi connectivity index (χ3v) is 4.96. The third kappa shape index (κ3) is 15.7. The second kappa shape index (κ2) is 19.2. The lowest BCUT2D eigenvalue weighted by Gasteiger charge is -2.29. The molecule has 9 heteroatoms. The summed E-state index contributed by atoms with van der Waals surface area (Å²) in [4.78, 5) is 12.5. The monoisotopic (exact) mass is 424 g/mol. The fraction of sp³-hybridized carbons (Fsp3) is 0.950. The van der Waals surface area contributed by atoms with E-state index in [-0.39, 0.29) is 19.2 Å². The maximum atomic E-state index is 11.0. The summed E-state index contributed by atoms with van der Waals surface area (Å²) in [7, 11) is 0. The fourth-order valence-electron chi connectivity index (χ4n) is 3.18. The topological polar surface area (TPSA) is 177 Å².